The largest absolute Gasteiger partial charge is 0.342 e. The SMILES string of the molecule is CCCc1nc2ccc(Br)cc2c(=O)n1N=Cc1cn(Cc2ccc(Br)cc2Br)c2ccccc12. The van der Waals surface area contributed by atoms with E-state index >= 15 is 0 Å². The Morgan fingerprint density at radius 1 is 0.971 bits per heavy atom. The van der Waals surface area contributed by atoms with E-state index in [4.69, 9.17) is 4.98 Å². The van der Waals surface area contributed by atoms with Crippen molar-refractivity contribution in [2.24, 2.45) is 5.10 Å². The van der Waals surface area contributed by atoms with Gasteiger partial charge in [-0.25, -0.2) is 4.98 Å². The van der Waals surface area contributed by atoms with Crippen molar-refractivity contribution in [2.45, 2.75) is 26.3 Å². The molecule has 0 aliphatic rings. The van der Waals surface area contributed by atoms with E-state index in [1.807, 2.05) is 30.3 Å². The Morgan fingerprint density at radius 3 is 2.54 bits per heavy atom. The van der Waals surface area contributed by atoms with E-state index in [-0.39, 0.29) is 5.56 Å². The van der Waals surface area contributed by atoms with Gasteiger partial charge in [0.05, 0.1) is 17.1 Å². The van der Waals surface area contributed by atoms with Crippen LogP contribution in [0.4, 0.5) is 0 Å². The van der Waals surface area contributed by atoms with Crippen LogP contribution in [0.5, 0.6) is 0 Å². The zero-order valence-corrected chi connectivity index (χ0v) is 23.6. The second-order valence-corrected chi connectivity index (χ2v) is 11.0. The first-order chi connectivity index (χ1) is 16.9. The molecule has 0 bridgehead atoms. The Balaban J connectivity index is 1.60. The second kappa shape index (κ2) is 10.2. The van der Waals surface area contributed by atoms with Crippen molar-refractivity contribution in [1.29, 1.82) is 0 Å². The van der Waals surface area contributed by atoms with Crippen LogP contribution in [-0.4, -0.2) is 20.4 Å². The van der Waals surface area contributed by atoms with Gasteiger partial charge in [0.15, 0.2) is 0 Å². The summed E-state index contributed by atoms with van der Waals surface area (Å²) in [5.41, 5.74) is 3.73. The number of hydrogen-bond acceptors (Lipinski definition) is 3. The van der Waals surface area contributed by atoms with Crippen LogP contribution >= 0.6 is 47.8 Å². The van der Waals surface area contributed by atoms with E-state index in [0.29, 0.717) is 29.7 Å². The molecule has 0 spiro atoms. The molecule has 176 valence electrons. The first-order valence-corrected chi connectivity index (χ1v) is 13.6. The average Bonchev–Trinajstić information content (AvgIpc) is 3.19. The highest BCUT2D eigenvalue weighted by atomic mass is 79.9. The molecule has 0 atom stereocenters. The Bertz CT molecular complexity index is 1650. The maximum atomic E-state index is 13.3. The highest BCUT2D eigenvalue weighted by molar-refractivity contribution is 9.11. The Hall–Kier alpha value is -2.55. The zero-order valence-electron chi connectivity index (χ0n) is 18.9. The molecule has 2 aromatic heterocycles. The molecule has 0 saturated heterocycles. The number of benzene rings is 3. The third-order valence-electron chi connectivity index (χ3n) is 5.84. The number of hydrogen-bond donors (Lipinski definition) is 0. The number of aromatic nitrogens is 3. The van der Waals surface area contributed by atoms with E-state index in [0.717, 1.165) is 36.3 Å². The van der Waals surface area contributed by atoms with Gasteiger partial charge in [-0.15, -0.1) is 0 Å². The van der Waals surface area contributed by atoms with Gasteiger partial charge in [0, 0.05) is 49.0 Å². The summed E-state index contributed by atoms with van der Waals surface area (Å²) in [6, 6.07) is 20.0. The number of aryl methyl sites for hydroxylation is 1. The van der Waals surface area contributed by atoms with E-state index < -0.39 is 0 Å². The molecule has 3 aromatic carbocycles. The van der Waals surface area contributed by atoms with Gasteiger partial charge in [0.25, 0.3) is 5.56 Å². The standard InChI is InChI=1S/C27H21Br3N4O/c1-2-5-26-32-24-11-10-19(28)12-22(24)27(35)34(26)31-14-18-16-33(25-7-4-3-6-21(18)25)15-17-8-9-20(29)13-23(17)30/h3-4,6-14,16H,2,5,15H2,1H3. The highest BCUT2D eigenvalue weighted by Gasteiger charge is 2.12. The van der Waals surface area contributed by atoms with Gasteiger partial charge in [0.2, 0.25) is 0 Å². The summed E-state index contributed by atoms with van der Waals surface area (Å²) < 4.78 is 6.56. The first-order valence-electron chi connectivity index (χ1n) is 11.2. The maximum Gasteiger partial charge on any atom is 0.282 e. The number of halogens is 3. The van der Waals surface area contributed by atoms with Gasteiger partial charge >= 0.3 is 0 Å². The normalized spacial score (nSPS) is 11.8. The molecular weight excluding hydrogens is 636 g/mol. The summed E-state index contributed by atoms with van der Waals surface area (Å²) >= 11 is 10.7. The van der Waals surface area contributed by atoms with Crippen molar-refractivity contribution >= 4 is 75.8 Å². The molecule has 0 aliphatic carbocycles. The summed E-state index contributed by atoms with van der Waals surface area (Å²) in [5, 5.41) is 6.26. The highest BCUT2D eigenvalue weighted by Crippen LogP contribution is 2.26. The minimum atomic E-state index is -0.168. The number of rotatable bonds is 6. The third-order valence-corrected chi connectivity index (χ3v) is 7.56. The first kappa shape index (κ1) is 24.2. The lowest BCUT2D eigenvalue weighted by Gasteiger charge is -2.08. The van der Waals surface area contributed by atoms with Crippen LogP contribution in [0.3, 0.4) is 0 Å². The van der Waals surface area contributed by atoms with Crippen molar-refractivity contribution in [2.75, 3.05) is 0 Å². The minimum absolute atomic E-state index is 0.168. The smallest absolute Gasteiger partial charge is 0.282 e. The van der Waals surface area contributed by atoms with Crippen LogP contribution in [-0.2, 0) is 13.0 Å². The molecular formula is C27H21Br3N4O. The molecule has 0 fully saturated rings. The van der Waals surface area contributed by atoms with E-state index in [9.17, 15) is 4.79 Å². The van der Waals surface area contributed by atoms with Crippen LogP contribution in [0.25, 0.3) is 21.8 Å². The second-order valence-electron chi connectivity index (χ2n) is 8.27. The molecule has 2 heterocycles. The topological polar surface area (TPSA) is 52.2 Å². The lowest BCUT2D eigenvalue weighted by Crippen LogP contribution is -2.22. The quantitative estimate of drug-likeness (QED) is 0.178. The van der Waals surface area contributed by atoms with E-state index in [1.165, 1.54) is 10.2 Å². The van der Waals surface area contributed by atoms with Crippen molar-refractivity contribution < 1.29 is 0 Å². The van der Waals surface area contributed by atoms with Crippen LogP contribution < -0.4 is 5.56 Å². The average molecular weight is 657 g/mol. The fourth-order valence-corrected chi connectivity index (χ4v) is 5.70. The van der Waals surface area contributed by atoms with Crippen molar-refractivity contribution in [3.05, 3.63) is 108 Å². The Labute approximate surface area is 227 Å². The fraction of sp³-hybridized carbons (Fsp3) is 0.148. The van der Waals surface area contributed by atoms with Gasteiger partial charge in [-0.05, 0) is 48.4 Å². The third kappa shape index (κ3) is 4.92. The van der Waals surface area contributed by atoms with Crippen molar-refractivity contribution in [3.8, 4) is 0 Å². The lowest BCUT2D eigenvalue weighted by atomic mass is 10.2. The van der Waals surface area contributed by atoms with Crippen LogP contribution in [0.1, 0.15) is 30.3 Å². The molecule has 0 amide bonds. The molecule has 0 radical (unpaired) electrons. The van der Waals surface area contributed by atoms with Gasteiger partial charge < -0.3 is 4.57 Å². The predicted molar refractivity (Wildman–Crippen MR) is 154 cm³/mol. The van der Waals surface area contributed by atoms with Crippen LogP contribution in [0, 0.1) is 0 Å². The van der Waals surface area contributed by atoms with Gasteiger partial charge in [0.1, 0.15) is 5.82 Å². The molecule has 5 aromatic rings. The molecule has 0 N–H and O–H groups in total. The lowest BCUT2D eigenvalue weighted by molar-refractivity contribution is 0.704. The summed E-state index contributed by atoms with van der Waals surface area (Å²) in [6.07, 6.45) is 5.38. The molecule has 5 rings (SSSR count). The maximum absolute atomic E-state index is 13.3. The summed E-state index contributed by atoms with van der Waals surface area (Å²) in [4.78, 5) is 18.1. The molecule has 35 heavy (non-hydrogen) atoms. The molecule has 0 saturated carbocycles. The summed E-state index contributed by atoms with van der Waals surface area (Å²) in [7, 11) is 0. The number of fused-ring (bicyclic) bond motifs is 2. The predicted octanol–water partition coefficient (Wildman–Crippen LogP) is 7.52. The Morgan fingerprint density at radius 2 is 1.74 bits per heavy atom. The van der Waals surface area contributed by atoms with Gasteiger partial charge in [-0.2, -0.15) is 9.78 Å². The molecule has 5 nitrogen and oxygen atoms in total. The monoisotopic (exact) mass is 654 g/mol. The number of nitrogens with zero attached hydrogens (tertiary/aromatic N) is 4. The van der Waals surface area contributed by atoms with Gasteiger partial charge in [-0.1, -0.05) is 79.0 Å². The molecule has 0 unspecified atom stereocenters. The Kier molecular flexibility index (Phi) is 7.05. The van der Waals surface area contributed by atoms with E-state index in [1.54, 1.807) is 12.3 Å². The van der Waals surface area contributed by atoms with E-state index in [2.05, 4.69) is 94.8 Å². The molecule has 0 aliphatic heterocycles. The zero-order chi connectivity index (χ0) is 24.5. The van der Waals surface area contributed by atoms with Crippen molar-refractivity contribution in [3.63, 3.8) is 0 Å². The van der Waals surface area contributed by atoms with Crippen molar-refractivity contribution in [1.82, 2.24) is 14.2 Å². The summed E-state index contributed by atoms with van der Waals surface area (Å²) in [6.45, 7) is 2.77. The molecule has 8 heteroatoms. The number of para-hydroxylation sites is 1. The summed E-state index contributed by atoms with van der Waals surface area (Å²) in [5.74, 6) is 0.658. The van der Waals surface area contributed by atoms with Crippen LogP contribution in [0.2, 0.25) is 0 Å². The van der Waals surface area contributed by atoms with Crippen LogP contribution in [0.15, 0.2) is 90.2 Å². The fourth-order valence-electron chi connectivity index (χ4n) is 4.16. The minimum Gasteiger partial charge on any atom is -0.342 e. The van der Waals surface area contributed by atoms with Gasteiger partial charge in [-0.3, -0.25) is 4.79 Å².